The molecule has 10 heteroatoms. The van der Waals surface area contributed by atoms with Crippen LogP contribution in [0, 0.1) is 0 Å². The van der Waals surface area contributed by atoms with Gasteiger partial charge in [-0.3, -0.25) is 4.90 Å². The van der Waals surface area contributed by atoms with Crippen molar-refractivity contribution in [1.82, 2.24) is 10.2 Å². The Labute approximate surface area is 157 Å². The van der Waals surface area contributed by atoms with Crippen LogP contribution in [0.15, 0.2) is 12.1 Å². The van der Waals surface area contributed by atoms with Crippen LogP contribution in [0.2, 0.25) is 0 Å². The Balaban J connectivity index is 0.00000288. The molecule has 0 unspecified atom stereocenters. The third-order valence-corrected chi connectivity index (χ3v) is 3.88. The third-order valence-electron chi connectivity index (χ3n) is 3.88. The molecule has 2 rings (SSSR count). The number of alkyl halides is 3. The van der Waals surface area contributed by atoms with Crippen LogP contribution in [0.3, 0.4) is 0 Å². The lowest BCUT2D eigenvalue weighted by Crippen LogP contribution is -2.46. The number of ether oxygens (including phenoxy) is 2. The van der Waals surface area contributed by atoms with E-state index in [1.807, 2.05) is 0 Å². The van der Waals surface area contributed by atoms with Gasteiger partial charge in [0.05, 0.1) is 32.2 Å². The van der Waals surface area contributed by atoms with Crippen molar-refractivity contribution in [1.29, 1.82) is 0 Å². The molecule has 0 bridgehead atoms. The van der Waals surface area contributed by atoms with Crippen LogP contribution in [0.25, 0.3) is 0 Å². The molecule has 1 heterocycles. The second-order valence-electron chi connectivity index (χ2n) is 5.39. The Kier molecular flexibility index (Phi) is 9.71. The van der Waals surface area contributed by atoms with Gasteiger partial charge in [-0.1, -0.05) is 0 Å². The first-order chi connectivity index (χ1) is 10.9. The molecule has 25 heavy (non-hydrogen) atoms. The Morgan fingerprint density at radius 1 is 1.12 bits per heavy atom. The number of aromatic hydroxyl groups is 1. The standard InChI is InChI=1S/C15H21F3N2O3.2ClH/c1-22-12-7-10(21)8-13(23-2)14(12)11(9-15(16,17)18)20-5-3-19-4-6-20;;/h7-8,11,19,21H,3-6,9H2,1-2H3;2*1H/t11-;;/m0../s1. The summed E-state index contributed by atoms with van der Waals surface area (Å²) in [6.45, 7) is 2.23. The van der Waals surface area contributed by atoms with Crippen molar-refractivity contribution in [3.8, 4) is 17.2 Å². The van der Waals surface area contributed by atoms with E-state index in [1.54, 1.807) is 4.90 Å². The molecule has 146 valence electrons. The van der Waals surface area contributed by atoms with Crippen molar-refractivity contribution in [3.05, 3.63) is 17.7 Å². The van der Waals surface area contributed by atoms with Crippen LogP contribution < -0.4 is 14.8 Å². The molecule has 0 amide bonds. The summed E-state index contributed by atoms with van der Waals surface area (Å²) < 4.78 is 49.8. The normalized spacial score (nSPS) is 16.4. The molecule has 1 aliphatic heterocycles. The van der Waals surface area contributed by atoms with Gasteiger partial charge in [-0.2, -0.15) is 13.2 Å². The molecule has 1 aromatic rings. The van der Waals surface area contributed by atoms with Crippen LogP contribution in [0.4, 0.5) is 13.2 Å². The van der Waals surface area contributed by atoms with Gasteiger partial charge in [0.1, 0.15) is 17.2 Å². The number of phenols is 1. The molecule has 0 saturated carbocycles. The zero-order valence-electron chi connectivity index (χ0n) is 13.9. The van der Waals surface area contributed by atoms with E-state index in [2.05, 4.69) is 5.32 Å². The van der Waals surface area contributed by atoms with Gasteiger partial charge in [-0.25, -0.2) is 0 Å². The smallest absolute Gasteiger partial charge is 0.390 e. The fourth-order valence-electron chi connectivity index (χ4n) is 2.88. The fourth-order valence-corrected chi connectivity index (χ4v) is 2.88. The van der Waals surface area contributed by atoms with Gasteiger partial charge in [0.25, 0.3) is 0 Å². The highest BCUT2D eigenvalue weighted by atomic mass is 35.5. The average molecular weight is 407 g/mol. The van der Waals surface area contributed by atoms with E-state index in [0.717, 1.165) is 0 Å². The van der Waals surface area contributed by atoms with E-state index in [1.165, 1.54) is 26.4 Å². The molecule has 1 aromatic carbocycles. The fraction of sp³-hybridized carbons (Fsp3) is 0.600. The van der Waals surface area contributed by atoms with Crippen molar-refractivity contribution in [2.24, 2.45) is 0 Å². The zero-order chi connectivity index (χ0) is 17.0. The van der Waals surface area contributed by atoms with Crippen molar-refractivity contribution in [2.75, 3.05) is 40.4 Å². The molecule has 0 aliphatic carbocycles. The maximum Gasteiger partial charge on any atom is 0.390 e. The SMILES string of the molecule is COc1cc(O)cc(OC)c1[C@H](CC(F)(F)F)N1CCNCC1.Cl.Cl. The number of methoxy groups -OCH3 is 2. The summed E-state index contributed by atoms with van der Waals surface area (Å²) in [6.07, 6.45) is -5.34. The minimum absolute atomic E-state index is 0. The minimum atomic E-state index is -4.33. The second-order valence-corrected chi connectivity index (χ2v) is 5.39. The maximum atomic E-state index is 13.1. The number of phenolic OH excluding ortho intramolecular Hbond substituents is 1. The van der Waals surface area contributed by atoms with Gasteiger partial charge in [0.2, 0.25) is 0 Å². The molecule has 1 aliphatic rings. The minimum Gasteiger partial charge on any atom is -0.508 e. The Bertz CT molecular complexity index is 516. The topological polar surface area (TPSA) is 54.0 Å². The molecule has 1 atom stereocenters. The Morgan fingerprint density at radius 2 is 1.60 bits per heavy atom. The molecule has 0 aromatic heterocycles. The Morgan fingerprint density at radius 3 is 2.00 bits per heavy atom. The number of hydrogen-bond acceptors (Lipinski definition) is 5. The average Bonchev–Trinajstić information content (AvgIpc) is 2.52. The Hall–Kier alpha value is -1.09. The molecule has 5 nitrogen and oxygen atoms in total. The van der Waals surface area contributed by atoms with Gasteiger partial charge in [-0.15, -0.1) is 24.8 Å². The van der Waals surface area contributed by atoms with Gasteiger partial charge in [-0.05, 0) is 0 Å². The van der Waals surface area contributed by atoms with Gasteiger partial charge >= 0.3 is 6.18 Å². The third kappa shape index (κ3) is 6.29. The van der Waals surface area contributed by atoms with Crippen molar-refractivity contribution in [2.45, 2.75) is 18.6 Å². The number of nitrogens with zero attached hydrogens (tertiary/aromatic N) is 1. The highest BCUT2D eigenvalue weighted by Crippen LogP contribution is 2.44. The van der Waals surface area contributed by atoms with Crippen LogP contribution in [0.1, 0.15) is 18.0 Å². The number of benzene rings is 1. The summed E-state index contributed by atoms with van der Waals surface area (Å²) in [7, 11) is 2.72. The molecule has 1 fully saturated rings. The van der Waals surface area contributed by atoms with Crippen LogP contribution in [-0.4, -0.2) is 56.6 Å². The van der Waals surface area contributed by atoms with Crippen LogP contribution in [-0.2, 0) is 0 Å². The molecule has 2 N–H and O–H groups in total. The predicted molar refractivity (Wildman–Crippen MR) is 93.6 cm³/mol. The molecule has 0 radical (unpaired) electrons. The van der Waals surface area contributed by atoms with Crippen molar-refractivity contribution in [3.63, 3.8) is 0 Å². The van der Waals surface area contributed by atoms with Gasteiger partial charge in [0, 0.05) is 38.3 Å². The summed E-state index contributed by atoms with van der Waals surface area (Å²) in [4.78, 5) is 1.77. The summed E-state index contributed by atoms with van der Waals surface area (Å²) in [5.74, 6) is 0.262. The first-order valence-electron chi connectivity index (χ1n) is 7.32. The molecular weight excluding hydrogens is 384 g/mol. The highest BCUT2D eigenvalue weighted by Gasteiger charge is 2.38. The molecule has 1 saturated heterocycles. The summed E-state index contributed by atoms with van der Waals surface area (Å²) in [6, 6.07) is 1.69. The molecule has 0 spiro atoms. The van der Waals surface area contributed by atoms with E-state index < -0.39 is 18.6 Å². The van der Waals surface area contributed by atoms with E-state index in [9.17, 15) is 18.3 Å². The van der Waals surface area contributed by atoms with Crippen LogP contribution >= 0.6 is 24.8 Å². The maximum absolute atomic E-state index is 13.1. The number of halogens is 5. The van der Waals surface area contributed by atoms with Gasteiger partial charge in [0.15, 0.2) is 0 Å². The summed E-state index contributed by atoms with van der Waals surface area (Å²) in [5, 5.41) is 12.8. The summed E-state index contributed by atoms with van der Waals surface area (Å²) in [5.41, 5.74) is 0.312. The zero-order valence-corrected chi connectivity index (χ0v) is 15.6. The number of nitrogens with one attached hydrogen (secondary N) is 1. The number of hydrogen-bond donors (Lipinski definition) is 2. The highest BCUT2D eigenvalue weighted by molar-refractivity contribution is 5.85. The lowest BCUT2D eigenvalue weighted by atomic mass is 9.98. The first kappa shape index (κ1) is 23.9. The number of rotatable bonds is 5. The van der Waals surface area contributed by atoms with E-state index in [0.29, 0.717) is 31.7 Å². The number of piperazine rings is 1. The van der Waals surface area contributed by atoms with E-state index in [4.69, 9.17) is 9.47 Å². The summed E-state index contributed by atoms with van der Waals surface area (Å²) >= 11 is 0. The lowest BCUT2D eigenvalue weighted by molar-refractivity contribution is -0.149. The van der Waals surface area contributed by atoms with Gasteiger partial charge < -0.3 is 19.9 Å². The van der Waals surface area contributed by atoms with Crippen LogP contribution in [0.5, 0.6) is 17.2 Å². The quantitative estimate of drug-likeness (QED) is 0.786. The van der Waals surface area contributed by atoms with Crippen molar-refractivity contribution < 1.29 is 27.8 Å². The second kappa shape index (κ2) is 10.2. The monoisotopic (exact) mass is 406 g/mol. The predicted octanol–water partition coefficient (Wildman–Crippen LogP) is 3.15. The van der Waals surface area contributed by atoms with Crippen molar-refractivity contribution >= 4 is 24.8 Å². The lowest BCUT2D eigenvalue weighted by Gasteiger charge is -2.36. The van der Waals surface area contributed by atoms with E-state index in [-0.39, 0.29) is 42.1 Å². The molecular formula is C15H23Cl2F3N2O3. The first-order valence-corrected chi connectivity index (χ1v) is 7.32. The largest absolute Gasteiger partial charge is 0.508 e. The van der Waals surface area contributed by atoms with E-state index >= 15 is 0 Å².